The van der Waals surface area contributed by atoms with E-state index in [0.29, 0.717) is 18.9 Å². The van der Waals surface area contributed by atoms with E-state index in [9.17, 15) is 9.59 Å². The van der Waals surface area contributed by atoms with Gasteiger partial charge in [-0.05, 0) is 18.2 Å². The van der Waals surface area contributed by atoms with Crippen molar-refractivity contribution in [1.82, 2.24) is 5.32 Å². The van der Waals surface area contributed by atoms with Gasteiger partial charge in [-0.25, -0.2) is 4.79 Å². The maximum Gasteiger partial charge on any atom is 0.335 e. The summed E-state index contributed by atoms with van der Waals surface area (Å²) in [5.74, 6) is -0.799. The molecule has 0 unspecified atom stereocenters. The average molecular weight is 283 g/mol. The van der Waals surface area contributed by atoms with E-state index in [1.54, 1.807) is 0 Å². The Kier molecular flexibility index (Phi) is 6.31. The van der Waals surface area contributed by atoms with Gasteiger partial charge < -0.3 is 24.6 Å². The highest BCUT2D eigenvalue weighted by Crippen LogP contribution is 2.27. The summed E-state index contributed by atoms with van der Waals surface area (Å²) in [7, 11) is 2.93. The van der Waals surface area contributed by atoms with Crippen molar-refractivity contribution in [3.05, 3.63) is 23.8 Å². The van der Waals surface area contributed by atoms with Crippen molar-refractivity contribution < 1.29 is 28.9 Å². The van der Waals surface area contributed by atoms with Crippen LogP contribution in [0.2, 0.25) is 0 Å². The van der Waals surface area contributed by atoms with Crippen LogP contribution in [0.4, 0.5) is 0 Å². The second kappa shape index (κ2) is 8.00. The summed E-state index contributed by atoms with van der Waals surface area (Å²) in [5.41, 5.74) is 0.0822. The summed E-state index contributed by atoms with van der Waals surface area (Å²) in [5, 5.41) is 11.5. The van der Waals surface area contributed by atoms with Gasteiger partial charge in [-0.2, -0.15) is 0 Å². The van der Waals surface area contributed by atoms with Crippen LogP contribution in [-0.4, -0.2) is 51.0 Å². The zero-order valence-electron chi connectivity index (χ0n) is 11.3. The fourth-order valence-corrected chi connectivity index (χ4v) is 1.41. The van der Waals surface area contributed by atoms with E-state index < -0.39 is 5.97 Å². The molecule has 1 aromatic carbocycles. The van der Waals surface area contributed by atoms with E-state index in [1.165, 1.54) is 32.4 Å². The summed E-state index contributed by atoms with van der Waals surface area (Å²) in [4.78, 5) is 22.3. The van der Waals surface area contributed by atoms with Gasteiger partial charge in [0, 0.05) is 13.7 Å². The molecule has 0 atom stereocenters. The zero-order valence-corrected chi connectivity index (χ0v) is 11.3. The van der Waals surface area contributed by atoms with Gasteiger partial charge in [-0.1, -0.05) is 0 Å². The SMILES string of the molecule is COCCNC(=O)COc1ccc(C(=O)O)cc1OC. The van der Waals surface area contributed by atoms with Crippen LogP contribution in [0.5, 0.6) is 11.5 Å². The van der Waals surface area contributed by atoms with E-state index >= 15 is 0 Å². The Morgan fingerprint density at radius 1 is 1.25 bits per heavy atom. The summed E-state index contributed by atoms with van der Waals surface area (Å²) in [6.07, 6.45) is 0. The first kappa shape index (κ1) is 15.8. The van der Waals surface area contributed by atoms with Gasteiger partial charge in [-0.15, -0.1) is 0 Å². The van der Waals surface area contributed by atoms with Crippen LogP contribution in [0.1, 0.15) is 10.4 Å². The van der Waals surface area contributed by atoms with Crippen molar-refractivity contribution in [2.24, 2.45) is 0 Å². The third kappa shape index (κ3) is 4.77. The number of rotatable bonds is 8. The lowest BCUT2D eigenvalue weighted by molar-refractivity contribution is -0.123. The number of aromatic carboxylic acids is 1. The highest BCUT2D eigenvalue weighted by molar-refractivity contribution is 5.88. The zero-order chi connectivity index (χ0) is 15.0. The fourth-order valence-electron chi connectivity index (χ4n) is 1.41. The normalized spacial score (nSPS) is 9.90. The lowest BCUT2D eigenvalue weighted by Gasteiger charge is -2.11. The third-order valence-electron chi connectivity index (χ3n) is 2.40. The number of carboxylic acids is 1. The molecule has 0 saturated carbocycles. The van der Waals surface area contributed by atoms with Crippen LogP contribution >= 0.6 is 0 Å². The number of methoxy groups -OCH3 is 2. The monoisotopic (exact) mass is 283 g/mol. The van der Waals surface area contributed by atoms with Crippen molar-refractivity contribution in [1.29, 1.82) is 0 Å². The van der Waals surface area contributed by atoms with E-state index in [-0.39, 0.29) is 23.8 Å². The van der Waals surface area contributed by atoms with Gasteiger partial charge in [0.15, 0.2) is 18.1 Å². The van der Waals surface area contributed by atoms with Crippen LogP contribution in [0.15, 0.2) is 18.2 Å². The lowest BCUT2D eigenvalue weighted by Crippen LogP contribution is -2.31. The molecule has 0 aliphatic carbocycles. The van der Waals surface area contributed by atoms with Crippen LogP contribution in [-0.2, 0) is 9.53 Å². The second-order valence-corrected chi connectivity index (χ2v) is 3.80. The van der Waals surface area contributed by atoms with Crippen molar-refractivity contribution in [3.63, 3.8) is 0 Å². The minimum absolute atomic E-state index is 0.0822. The van der Waals surface area contributed by atoms with Gasteiger partial charge in [0.1, 0.15) is 0 Å². The number of hydrogen-bond acceptors (Lipinski definition) is 5. The highest BCUT2D eigenvalue weighted by Gasteiger charge is 2.11. The number of carboxylic acid groups (broad SMARTS) is 1. The smallest absolute Gasteiger partial charge is 0.335 e. The molecule has 0 bridgehead atoms. The van der Waals surface area contributed by atoms with Crippen LogP contribution in [0.25, 0.3) is 0 Å². The first-order valence-corrected chi connectivity index (χ1v) is 5.88. The minimum atomic E-state index is -1.06. The Balaban J connectivity index is 2.59. The molecule has 1 rings (SSSR count). The Labute approximate surface area is 116 Å². The van der Waals surface area contributed by atoms with Crippen LogP contribution in [0, 0.1) is 0 Å². The predicted octanol–water partition coefficient (Wildman–Crippen LogP) is 0.535. The average Bonchev–Trinajstić information content (AvgIpc) is 2.45. The predicted molar refractivity (Wildman–Crippen MR) is 70.3 cm³/mol. The molecule has 0 aliphatic rings. The largest absolute Gasteiger partial charge is 0.493 e. The molecule has 20 heavy (non-hydrogen) atoms. The third-order valence-corrected chi connectivity index (χ3v) is 2.40. The molecule has 110 valence electrons. The van der Waals surface area contributed by atoms with Gasteiger partial charge >= 0.3 is 5.97 Å². The molecule has 0 saturated heterocycles. The number of nitrogens with one attached hydrogen (secondary N) is 1. The number of carbonyl (C=O) groups is 2. The molecule has 0 aromatic heterocycles. The van der Waals surface area contributed by atoms with Gasteiger partial charge in [0.05, 0.1) is 19.3 Å². The molecular formula is C13H17NO6. The first-order chi connectivity index (χ1) is 9.58. The van der Waals surface area contributed by atoms with E-state index in [2.05, 4.69) is 5.32 Å². The number of amides is 1. The lowest BCUT2D eigenvalue weighted by atomic mass is 10.2. The Morgan fingerprint density at radius 2 is 2.00 bits per heavy atom. The first-order valence-electron chi connectivity index (χ1n) is 5.88. The van der Waals surface area contributed by atoms with Crippen LogP contribution < -0.4 is 14.8 Å². The summed E-state index contributed by atoms with van der Waals surface area (Å²) in [6, 6.07) is 4.16. The number of hydrogen-bond donors (Lipinski definition) is 2. The molecule has 1 amide bonds. The molecule has 7 heteroatoms. The summed E-state index contributed by atoms with van der Waals surface area (Å²) >= 11 is 0. The van der Waals surface area contributed by atoms with Crippen molar-refractivity contribution in [3.8, 4) is 11.5 Å². The molecule has 2 N–H and O–H groups in total. The van der Waals surface area contributed by atoms with Crippen molar-refractivity contribution in [2.45, 2.75) is 0 Å². The maximum atomic E-state index is 11.4. The number of benzene rings is 1. The molecule has 7 nitrogen and oxygen atoms in total. The maximum absolute atomic E-state index is 11.4. The van der Waals surface area contributed by atoms with Gasteiger partial charge in [0.2, 0.25) is 0 Å². The van der Waals surface area contributed by atoms with E-state index in [0.717, 1.165) is 0 Å². The molecule has 0 spiro atoms. The summed E-state index contributed by atoms with van der Waals surface area (Å²) < 4.78 is 15.1. The Morgan fingerprint density at radius 3 is 2.60 bits per heavy atom. The molecule has 0 heterocycles. The van der Waals surface area contributed by atoms with Crippen molar-refractivity contribution in [2.75, 3.05) is 34.0 Å². The number of carbonyl (C=O) groups excluding carboxylic acids is 1. The van der Waals surface area contributed by atoms with E-state index in [1.807, 2.05) is 0 Å². The van der Waals surface area contributed by atoms with Crippen LogP contribution in [0.3, 0.4) is 0 Å². The number of ether oxygens (including phenoxy) is 3. The van der Waals surface area contributed by atoms with Crippen molar-refractivity contribution >= 4 is 11.9 Å². The standard InChI is InChI=1S/C13H17NO6/c1-18-6-5-14-12(15)8-20-10-4-3-9(13(16)17)7-11(10)19-2/h3-4,7H,5-6,8H2,1-2H3,(H,14,15)(H,16,17). The van der Waals surface area contributed by atoms with Gasteiger partial charge in [-0.3, -0.25) is 4.79 Å². The second-order valence-electron chi connectivity index (χ2n) is 3.80. The topological polar surface area (TPSA) is 94.1 Å². The minimum Gasteiger partial charge on any atom is -0.493 e. The molecular weight excluding hydrogens is 266 g/mol. The molecule has 0 aliphatic heterocycles. The summed E-state index contributed by atoms with van der Waals surface area (Å²) in [6.45, 7) is 0.628. The van der Waals surface area contributed by atoms with Gasteiger partial charge in [0.25, 0.3) is 5.91 Å². The Hall–Kier alpha value is -2.28. The Bertz CT molecular complexity index is 474. The molecule has 1 aromatic rings. The fraction of sp³-hybridized carbons (Fsp3) is 0.385. The quantitative estimate of drug-likeness (QED) is 0.676. The van der Waals surface area contributed by atoms with E-state index in [4.69, 9.17) is 19.3 Å². The molecule has 0 radical (unpaired) electrons. The molecule has 0 fully saturated rings. The highest BCUT2D eigenvalue weighted by atomic mass is 16.5.